The van der Waals surface area contributed by atoms with Crippen LogP contribution in [0.3, 0.4) is 0 Å². The molecule has 0 spiro atoms. The second-order valence-corrected chi connectivity index (χ2v) is 4.32. The van der Waals surface area contributed by atoms with Gasteiger partial charge in [-0.25, -0.2) is 9.59 Å². The van der Waals surface area contributed by atoms with Crippen LogP contribution in [0.2, 0.25) is 0 Å². The molecule has 7 heteroatoms. The normalized spacial score (nSPS) is 13.3. The Labute approximate surface area is 112 Å². The van der Waals surface area contributed by atoms with Crippen molar-refractivity contribution in [1.29, 1.82) is 0 Å². The topological polar surface area (TPSA) is 95.9 Å². The Kier molecular flexibility index (Phi) is 7.55. The molecule has 0 saturated heterocycles. The number of carboxylic acid groups (broad SMARTS) is 1. The number of esters is 1. The summed E-state index contributed by atoms with van der Waals surface area (Å²) in [5.74, 6) is -1.68. The first-order valence-corrected chi connectivity index (χ1v) is 6.16. The van der Waals surface area contributed by atoms with Crippen molar-refractivity contribution in [2.75, 3.05) is 14.2 Å². The van der Waals surface area contributed by atoms with Gasteiger partial charge in [-0.05, 0) is 19.8 Å². The van der Waals surface area contributed by atoms with E-state index in [4.69, 9.17) is 5.11 Å². The molecule has 2 atom stereocenters. The monoisotopic (exact) mass is 274 g/mol. The molecule has 110 valence electrons. The molecule has 2 N–H and O–H groups in total. The molecule has 1 unspecified atom stereocenters. The Hall–Kier alpha value is -1.79. The van der Waals surface area contributed by atoms with Crippen molar-refractivity contribution in [1.82, 2.24) is 10.2 Å². The van der Waals surface area contributed by atoms with Gasteiger partial charge in [-0.2, -0.15) is 0 Å². The van der Waals surface area contributed by atoms with E-state index in [0.29, 0.717) is 0 Å². The first-order chi connectivity index (χ1) is 8.83. The summed E-state index contributed by atoms with van der Waals surface area (Å²) >= 11 is 0. The maximum Gasteiger partial charge on any atom is 0.326 e. The van der Waals surface area contributed by atoms with E-state index in [-0.39, 0.29) is 18.9 Å². The molecule has 0 aliphatic heterocycles. The summed E-state index contributed by atoms with van der Waals surface area (Å²) in [7, 11) is 2.83. The van der Waals surface area contributed by atoms with Crippen LogP contribution in [0.4, 0.5) is 4.79 Å². The largest absolute Gasteiger partial charge is 0.480 e. The van der Waals surface area contributed by atoms with E-state index in [1.54, 1.807) is 7.05 Å². The number of hydrogen-bond acceptors (Lipinski definition) is 4. The number of urea groups is 1. The molecular weight excluding hydrogens is 252 g/mol. The van der Waals surface area contributed by atoms with E-state index in [1.807, 2.05) is 13.8 Å². The molecule has 0 aliphatic carbocycles. The zero-order valence-electron chi connectivity index (χ0n) is 11.8. The molecule has 0 aromatic heterocycles. The fraction of sp³-hybridized carbons (Fsp3) is 0.750. The number of methoxy groups -OCH3 is 1. The van der Waals surface area contributed by atoms with Crippen molar-refractivity contribution in [3.63, 3.8) is 0 Å². The van der Waals surface area contributed by atoms with Crippen molar-refractivity contribution >= 4 is 18.0 Å². The fourth-order valence-electron chi connectivity index (χ4n) is 1.35. The number of nitrogens with one attached hydrogen (secondary N) is 1. The second-order valence-electron chi connectivity index (χ2n) is 4.32. The summed E-state index contributed by atoms with van der Waals surface area (Å²) in [5.41, 5.74) is 0. The van der Waals surface area contributed by atoms with Gasteiger partial charge in [0.05, 0.1) is 7.11 Å². The standard InChI is InChI=1S/C12H22N2O5/c1-5-8(2)14(3)12(18)13-9(11(16)17)6-7-10(15)19-4/h8-9H,5-7H2,1-4H3,(H,13,18)(H,16,17)/t8?,9-/m0/s1. The number of amides is 2. The van der Waals surface area contributed by atoms with Crippen molar-refractivity contribution in [2.45, 2.75) is 45.2 Å². The van der Waals surface area contributed by atoms with Gasteiger partial charge in [-0.3, -0.25) is 4.79 Å². The lowest BCUT2D eigenvalue weighted by Crippen LogP contribution is -2.49. The molecule has 0 aromatic rings. The molecule has 0 bridgehead atoms. The summed E-state index contributed by atoms with van der Waals surface area (Å²) in [6.45, 7) is 3.80. The predicted molar refractivity (Wildman–Crippen MR) is 68.7 cm³/mol. The number of rotatable bonds is 7. The van der Waals surface area contributed by atoms with Gasteiger partial charge in [0, 0.05) is 19.5 Å². The lowest BCUT2D eigenvalue weighted by atomic mass is 10.1. The first-order valence-electron chi connectivity index (χ1n) is 6.16. The van der Waals surface area contributed by atoms with Gasteiger partial charge in [0.15, 0.2) is 0 Å². The summed E-state index contributed by atoms with van der Waals surface area (Å²) in [6.07, 6.45) is 0.715. The summed E-state index contributed by atoms with van der Waals surface area (Å²) < 4.78 is 4.43. The summed E-state index contributed by atoms with van der Waals surface area (Å²) in [4.78, 5) is 35.2. The Morgan fingerprint density at radius 3 is 2.37 bits per heavy atom. The Bertz CT molecular complexity index is 332. The minimum atomic E-state index is -1.17. The fourth-order valence-corrected chi connectivity index (χ4v) is 1.35. The van der Waals surface area contributed by atoms with Crippen molar-refractivity contribution in [2.24, 2.45) is 0 Å². The minimum absolute atomic E-state index is 0.00208. The van der Waals surface area contributed by atoms with Crippen LogP contribution in [0.25, 0.3) is 0 Å². The number of carbonyl (C=O) groups is 3. The third-order valence-electron chi connectivity index (χ3n) is 3.03. The van der Waals surface area contributed by atoms with E-state index in [2.05, 4.69) is 10.1 Å². The van der Waals surface area contributed by atoms with Crippen LogP contribution >= 0.6 is 0 Å². The van der Waals surface area contributed by atoms with Gasteiger partial charge in [0.1, 0.15) is 6.04 Å². The molecule has 0 radical (unpaired) electrons. The van der Waals surface area contributed by atoms with E-state index in [1.165, 1.54) is 12.0 Å². The Morgan fingerprint density at radius 2 is 1.95 bits per heavy atom. The summed E-state index contributed by atoms with van der Waals surface area (Å²) in [5, 5.41) is 11.4. The maximum atomic E-state index is 11.8. The van der Waals surface area contributed by atoms with Gasteiger partial charge in [-0.15, -0.1) is 0 Å². The van der Waals surface area contributed by atoms with Crippen LogP contribution in [0, 0.1) is 0 Å². The summed E-state index contributed by atoms with van der Waals surface area (Å²) in [6, 6.07) is -1.56. The highest BCUT2D eigenvalue weighted by Gasteiger charge is 2.24. The predicted octanol–water partition coefficient (Wildman–Crippen LogP) is 0.833. The third kappa shape index (κ3) is 6.08. The van der Waals surface area contributed by atoms with E-state index in [9.17, 15) is 14.4 Å². The highest BCUT2D eigenvalue weighted by atomic mass is 16.5. The number of hydrogen-bond donors (Lipinski definition) is 2. The molecule has 0 aromatic carbocycles. The molecule has 0 aliphatic rings. The van der Waals surface area contributed by atoms with Gasteiger partial charge < -0.3 is 20.1 Å². The highest BCUT2D eigenvalue weighted by molar-refractivity contribution is 5.83. The lowest BCUT2D eigenvalue weighted by molar-refractivity contribution is -0.142. The van der Waals surface area contributed by atoms with Gasteiger partial charge in [0.25, 0.3) is 0 Å². The van der Waals surface area contributed by atoms with Crippen molar-refractivity contribution in [3.8, 4) is 0 Å². The molecule has 0 heterocycles. The maximum absolute atomic E-state index is 11.8. The molecule has 0 rings (SSSR count). The van der Waals surface area contributed by atoms with Crippen molar-refractivity contribution in [3.05, 3.63) is 0 Å². The first kappa shape index (κ1) is 17.2. The van der Waals surface area contributed by atoms with Crippen LogP contribution in [-0.2, 0) is 14.3 Å². The van der Waals surface area contributed by atoms with Gasteiger partial charge in [-0.1, -0.05) is 6.92 Å². The van der Waals surface area contributed by atoms with Crippen LogP contribution in [0.1, 0.15) is 33.1 Å². The van der Waals surface area contributed by atoms with Gasteiger partial charge in [0.2, 0.25) is 0 Å². The molecule has 7 nitrogen and oxygen atoms in total. The number of ether oxygens (including phenoxy) is 1. The molecule has 2 amide bonds. The number of carbonyl (C=O) groups excluding carboxylic acids is 2. The van der Waals surface area contributed by atoms with E-state index < -0.39 is 24.0 Å². The zero-order chi connectivity index (χ0) is 15.0. The molecule has 0 fully saturated rings. The van der Waals surface area contributed by atoms with E-state index >= 15 is 0 Å². The number of aliphatic carboxylic acids is 1. The SMILES string of the molecule is CCC(C)N(C)C(=O)N[C@@H](CCC(=O)OC)C(=O)O. The molecule has 0 saturated carbocycles. The van der Waals surface area contributed by atoms with E-state index in [0.717, 1.165) is 6.42 Å². The molecule has 19 heavy (non-hydrogen) atoms. The quantitative estimate of drug-likeness (QED) is 0.670. The Balaban J connectivity index is 4.46. The minimum Gasteiger partial charge on any atom is -0.480 e. The smallest absolute Gasteiger partial charge is 0.326 e. The van der Waals surface area contributed by atoms with Crippen LogP contribution in [0.15, 0.2) is 0 Å². The second kappa shape index (κ2) is 8.34. The Morgan fingerprint density at radius 1 is 1.37 bits per heavy atom. The van der Waals surface area contributed by atoms with Crippen LogP contribution in [-0.4, -0.2) is 54.2 Å². The molecular formula is C12H22N2O5. The van der Waals surface area contributed by atoms with Crippen molar-refractivity contribution < 1.29 is 24.2 Å². The van der Waals surface area contributed by atoms with Crippen LogP contribution in [0.5, 0.6) is 0 Å². The van der Waals surface area contributed by atoms with Gasteiger partial charge >= 0.3 is 18.0 Å². The van der Waals surface area contributed by atoms with Crippen LogP contribution < -0.4 is 5.32 Å². The average Bonchev–Trinajstić information content (AvgIpc) is 2.40. The third-order valence-corrected chi connectivity index (χ3v) is 3.03. The lowest BCUT2D eigenvalue weighted by Gasteiger charge is -2.26. The zero-order valence-corrected chi connectivity index (χ0v) is 11.8. The number of carboxylic acids is 1. The number of nitrogens with zero attached hydrogens (tertiary/aromatic N) is 1. The highest BCUT2D eigenvalue weighted by Crippen LogP contribution is 2.04. The average molecular weight is 274 g/mol.